The third kappa shape index (κ3) is 3.46. The number of carboxylic acid groups (broad SMARTS) is 1. The molecule has 1 fully saturated rings. The van der Waals surface area contributed by atoms with Crippen molar-refractivity contribution in [1.82, 2.24) is 9.88 Å². The van der Waals surface area contributed by atoms with E-state index in [0.29, 0.717) is 24.3 Å². The topological polar surface area (TPSA) is 96.5 Å². The molecule has 108 valence electrons. The summed E-state index contributed by atoms with van der Waals surface area (Å²) in [6, 6.07) is 3.25. The third-order valence-electron chi connectivity index (χ3n) is 3.58. The Bertz CT molecular complexity index is 487. The van der Waals surface area contributed by atoms with Crippen molar-refractivity contribution in [2.75, 3.05) is 12.3 Å². The van der Waals surface area contributed by atoms with Crippen LogP contribution in [0.3, 0.4) is 0 Å². The normalized spacial score (nSPS) is 18.8. The van der Waals surface area contributed by atoms with Crippen LogP contribution in [0, 0.1) is 0 Å². The maximum atomic E-state index is 12.4. The predicted octanol–water partition coefficient (Wildman–Crippen LogP) is 1.52. The van der Waals surface area contributed by atoms with E-state index in [1.807, 2.05) is 0 Å². The van der Waals surface area contributed by atoms with Crippen molar-refractivity contribution >= 4 is 17.6 Å². The molecule has 0 spiro atoms. The van der Waals surface area contributed by atoms with Gasteiger partial charge in [0.05, 0.1) is 11.9 Å². The molecule has 0 aromatic carbocycles. The summed E-state index contributed by atoms with van der Waals surface area (Å²) in [5, 5.41) is 8.79. The molecule has 1 saturated heterocycles. The van der Waals surface area contributed by atoms with E-state index in [1.165, 1.54) is 6.20 Å². The number of nitrogens with two attached hydrogens (primary N) is 1. The lowest BCUT2D eigenvalue weighted by molar-refractivity contribution is -0.137. The van der Waals surface area contributed by atoms with E-state index in [2.05, 4.69) is 4.98 Å². The number of carbonyl (C=O) groups excluding carboxylic acids is 1. The van der Waals surface area contributed by atoms with E-state index in [4.69, 9.17) is 10.8 Å². The van der Waals surface area contributed by atoms with Crippen LogP contribution in [0.2, 0.25) is 0 Å². The lowest BCUT2D eigenvalue weighted by Gasteiger charge is -2.35. The minimum atomic E-state index is -0.825. The quantitative estimate of drug-likeness (QED) is 0.869. The van der Waals surface area contributed by atoms with Gasteiger partial charge in [-0.2, -0.15) is 0 Å². The highest BCUT2D eigenvalue weighted by Gasteiger charge is 2.28. The highest BCUT2D eigenvalue weighted by atomic mass is 16.4. The molecule has 1 aromatic heterocycles. The van der Waals surface area contributed by atoms with Gasteiger partial charge in [-0.3, -0.25) is 9.59 Å². The summed E-state index contributed by atoms with van der Waals surface area (Å²) in [7, 11) is 0. The molecule has 2 heterocycles. The first-order chi connectivity index (χ1) is 9.58. The Hall–Kier alpha value is -2.11. The lowest BCUT2D eigenvalue weighted by Crippen LogP contribution is -2.44. The Balaban J connectivity index is 2.08. The van der Waals surface area contributed by atoms with Crippen LogP contribution in [0.15, 0.2) is 18.3 Å². The number of amides is 1. The third-order valence-corrected chi connectivity index (χ3v) is 3.58. The molecular weight excluding hydrogens is 258 g/mol. The van der Waals surface area contributed by atoms with Gasteiger partial charge in [-0.15, -0.1) is 0 Å². The van der Waals surface area contributed by atoms with Crippen molar-refractivity contribution in [3.8, 4) is 0 Å². The number of nitrogens with zero attached hydrogens (tertiary/aromatic N) is 2. The largest absolute Gasteiger partial charge is 0.481 e. The fourth-order valence-electron chi connectivity index (χ4n) is 2.54. The van der Waals surface area contributed by atoms with Crippen LogP contribution in [0.4, 0.5) is 5.69 Å². The maximum Gasteiger partial charge on any atom is 0.303 e. The number of pyridine rings is 1. The van der Waals surface area contributed by atoms with Crippen LogP contribution < -0.4 is 5.73 Å². The second kappa shape index (κ2) is 6.36. The van der Waals surface area contributed by atoms with E-state index < -0.39 is 5.97 Å². The Labute approximate surface area is 117 Å². The molecule has 1 aliphatic heterocycles. The molecule has 1 amide bonds. The second-order valence-corrected chi connectivity index (χ2v) is 5.06. The fourth-order valence-corrected chi connectivity index (χ4v) is 2.54. The number of rotatable bonds is 4. The number of aliphatic carboxylic acids is 1. The predicted molar refractivity (Wildman–Crippen MR) is 74.2 cm³/mol. The summed E-state index contributed by atoms with van der Waals surface area (Å²) in [5.41, 5.74) is 6.44. The number of piperidine rings is 1. The molecule has 0 bridgehead atoms. The van der Waals surface area contributed by atoms with Crippen LogP contribution in [0.25, 0.3) is 0 Å². The number of nitrogen functional groups attached to an aromatic ring is 1. The molecule has 3 N–H and O–H groups in total. The molecular formula is C14H19N3O3. The first-order valence-electron chi connectivity index (χ1n) is 6.82. The maximum absolute atomic E-state index is 12.4. The zero-order valence-electron chi connectivity index (χ0n) is 11.3. The summed E-state index contributed by atoms with van der Waals surface area (Å²) in [4.78, 5) is 28.9. The lowest BCUT2D eigenvalue weighted by atomic mass is 9.97. The standard InChI is InChI=1S/C14H19N3O3/c15-10-4-6-12(16-9-10)14(20)17-8-2-1-3-11(17)5-7-13(18)19/h4,6,9,11H,1-3,5,7-8,15H2,(H,18,19). The van der Waals surface area contributed by atoms with E-state index in [1.54, 1.807) is 17.0 Å². The van der Waals surface area contributed by atoms with Gasteiger partial charge in [-0.25, -0.2) is 4.98 Å². The Morgan fingerprint density at radius 3 is 2.85 bits per heavy atom. The number of likely N-dealkylation sites (tertiary alicyclic amines) is 1. The highest BCUT2D eigenvalue weighted by Crippen LogP contribution is 2.22. The molecule has 20 heavy (non-hydrogen) atoms. The summed E-state index contributed by atoms with van der Waals surface area (Å²) in [6.07, 6.45) is 4.88. The smallest absolute Gasteiger partial charge is 0.303 e. The van der Waals surface area contributed by atoms with Gasteiger partial charge in [0.15, 0.2) is 0 Å². The first-order valence-corrected chi connectivity index (χ1v) is 6.82. The van der Waals surface area contributed by atoms with E-state index in [0.717, 1.165) is 19.3 Å². The average molecular weight is 277 g/mol. The average Bonchev–Trinajstić information content (AvgIpc) is 2.45. The van der Waals surface area contributed by atoms with Crippen molar-refractivity contribution in [3.05, 3.63) is 24.0 Å². The molecule has 1 atom stereocenters. The first kappa shape index (κ1) is 14.3. The molecule has 1 aliphatic rings. The molecule has 1 unspecified atom stereocenters. The van der Waals surface area contributed by atoms with Crippen molar-refractivity contribution in [1.29, 1.82) is 0 Å². The van der Waals surface area contributed by atoms with Gasteiger partial charge >= 0.3 is 5.97 Å². The molecule has 6 nitrogen and oxygen atoms in total. The minimum absolute atomic E-state index is 0.00768. The van der Waals surface area contributed by atoms with Gasteiger partial charge in [-0.1, -0.05) is 0 Å². The molecule has 1 aromatic rings. The Kier molecular flexibility index (Phi) is 4.55. The second-order valence-electron chi connectivity index (χ2n) is 5.06. The number of carbonyl (C=O) groups is 2. The van der Waals surface area contributed by atoms with Gasteiger partial charge in [-0.05, 0) is 37.8 Å². The number of hydrogen-bond acceptors (Lipinski definition) is 4. The number of carboxylic acids is 1. The number of anilines is 1. The number of aromatic nitrogens is 1. The summed E-state index contributed by atoms with van der Waals surface area (Å²) < 4.78 is 0. The van der Waals surface area contributed by atoms with Gasteiger partial charge in [0.1, 0.15) is 5.69 Å². The van der Waals surface area contributed by atoms with Gasteiger partial charge in [0, 0.05) is 19.0 Å². The molecule has 0 radical (unpaired) electrons. The van der Waals surface area contributed by atoms with Crippen LogP contribution >= 0.6 is 0 Å². The summed E-state index contributed by atoms with van der Waals surface area (Å²) in [6.45, 7) is 0.662. The highest BCUT2D eigenvalue weighted by molar-refractivity contribution is 5.92. The van der Waals surface area contributed by atoms with Gasteiger partial charge < -0.3 is 15.7 Å². The van der Waals surface area contributed by atoms with Crippen molar-refractivity contribution in [2.45, 2.75) is 38.1 Å². The molecule has 0 aliphatic carbocycles. The molecule has 0 saturated carbocycles. The SMILES string of the molecule is Nc1ccc(C(=O)N2CCCCC2CCC(=O)O)nc1. The monoisotopic (exact) mass is 277 g/mol. The zero-order valence-corrected chi connectivity index (χ0v) is 11.3. The van der Waals surface area contributed by atoms with Gasteiger partial charge in [0.2, 0.25) is 0 Å². The van der Waals surface area contributed by atoms with Crippen molar-refractivity contribution in [3.63, 3.8) is 0 Å². The van der Waals surface area contributed by atoms with Crippen molar-refractivity contribution < 1.29 is 14.7 Å². The van der Waals surface area contributed by atoms with Crippen LogP contribution in [0.1, 0.15) is 42.6 Å². The van der Waals surface area contributed by atoms with Crippen LogP contribution in [-0.4, -0.2) is 39.5 Å². The number of hydrogen-bond donors (Lipinski definition) is 2. The van der Waals surface area contributed by atoms with Crippen molar-refractivity contribution in [2.24, 2.45) is 0 Å². The molecule has 6 heteroatoms. The van der Waals surface area contributed by atoms with Crippen LogP contribution in [0.5, 0.6) is 0 Å². The summed E-state index contributed by atoms with van der Waals surface area (Å²) >= 11 is 0. The van der Waals surface area contributed by atoms with E-state index in [9.17, 15) is 9.59 Å². The minimum Gasteiger partial charge on any atom is -0.481 e. The van der Waals surface area contributed by atoms with E-state index in [-0.39, 0.29) is 18.4 Å². The van der Waals surface area contributed by atoms with Crippen LogP contribution in [-0.2, 0) is 4.79 Å². The molecule has 2 rings (SSSR count). The Morgan fingerprint density at radius 2 is 2.20 bits per heavy atom. The summed E-state index contributed by atoms with van der Waals surface area (Å²) in [5.74, 6) is -0.964. The zero-order chi connectivity index (χ0) is 14.5. The fraction of sp³-hybridized carbons (Fsp3) is 0.500. The van der Waals surface area contributed by atoms with E-state index >= 15 is 0 Å². The van der Waals surface area contributed by atoms with Gasteiger partial charge in [0.25, 0.3) is 5.91 Å². The Morgan fingerprint density at radius 1 is 1.40 bits per heavy atom.